The Morgan fingerprint density at radius 1 is 1.00 bits per heavy atom. The fourth-order valence-electron chi connectivity index (χ4n) is 2.00. The van der Waals surface area contributed by atoms with Crippen molar-refractivity contribution in [1.82, 2.24) is 20.6 Å². The van der Waals surface area contributed by atoms with Crippen molar-refractivity contribution in [2.45, 2.75) is 0 Å². The van der Waals surface area contributed by atoms with Crippen LogP contribution in [0.3, 0.4) is 0 Å². The lowest BCUT2D eigenvalue weighted by atomic mass is 10.3. The summed E-state index contributed by atoms with van der Waals surface area (Å²) in [5.41, 5.74) is 1.30. The molecule has 0 unspecified atom stereocenters. The van der Waals surface area contributed by atoms with Gasteiger partial charge in [-0.25, -0.2) is 4.98 Å². The van der Waals surface area contributed by atoms with Gasteiger partial charge in [0.2, 0.25) is 0 Å². The van der Waals surface area contributed by atoms with Gasteiger partial charge in [0.15, 0.2) is 5.01 Å². The average molecular weight is 326 g/mol. The molecule has 0 aliphatic carbocycles. The number of thiazole rings is 1. The number of carbonyl (C=O) groups is 2. The predicted octanol–water partition coefficient (Wildman–Crippen LogP) is 1.85. The molecule has 2 N–H and O–H groups in total. The Hall–Kier alpha value is -2.80. The minimum Gasteiger partial charge on any atom is -0.350 e. The van der Waals surface area contributed by atoms with Gasteiger partial charge in [0.1, 0.15) is 0 Å². The smallest absolute Gasteiger partial charge is 0.280 e. The number of nitrogens with zero attached hydrogens (tertiary/aromatic N) is 2. The Morgan fingerprint density at radius 3 is 2.52 bits per heavy atom. The van der Waals surface area contributed by atoms with Crippen molar-refractivity contribution in [3.63, 3.8) is 0 Å². The first-order valence-electron chi connectivity index (χ1n) is 7.06. The highest BCUT2D eigenvalue weighted by Gasteiger charge is 2.11. The van der Waals surface area contributed by atoms with E-state index in [1.165, 1.54) is 17.5 Å². The maximum absolute atomic E-state index is 12.0. The molecule has 116 valence electrons. The number of benzene rings is 1. The molecule has 0 atom stereocenters. The van der Waals surface area contributed by atoms with Gasteiger partial charge in [-0.05, 0) is 24.3 Å². The summed E-state index contributed by atoms with van der Waals surface area (Å²) in [6.07, 6.45) is 3.10. The Kier molecular flexibility index (Phi) is 4.58. The molecule has 2 amide bonds. The monoisotopic (exact) mass is 326 g/mol. The SMILES string of the molecule is O=C(NCCNC(=O)c1nc2ccccc2s1)c1cccnc1. The third kappa shape index (κ3) is 3.70. The number of amides is 2. The van der Waals surface area contributed by atoms with Gasteiger partial charge in [0.05, 0.1) is 15.8 Å². The number of fused-ring (bicyclic) bond motifs is 1. The molecule has 23 heavy (non-hydrogen) atoms. The zero-order valence-corrected chi connectivity index (χ0v) is 13.0. The quantitative estimate of drug-likeness (QED) is 0.701. The summed E-state index contributed by atoms with van der Waals surface area (Å²) >= 11 is 1.35. The van der Waals surface area contributed by atoms with E-state index < -0.39 is 0 Å². The molecule has 6 nitrogen and oxygen atoms in total. The van der Waals surface area contributed by atoms with Gasteiger partial charge < -0.3 is 10.6 Å². The molecule has 0 aliphatic heterocycles. The van der Waals surface area contributed by atoms with E-state index in [4.69, 9.17) is 0 Å². The molecule has 0 saturated heterocycles. The molecule has 3 rings (SSSR count). The standard InChI is InChI=1S/C16H14N4O2S/c21-14(11-4-3-7-17-10-11)18-8-9-19-15(22)16-20-12-5-1-2-6-13(12)23-16/h1-7,10H,8-9H2,(H,18,21)(H,19,22). The van der Waals surface area contributed by atoms with Gasteiger partial charge in [0.25, 0.3) is 11.8 Å². The van der Waals surface area contributed by atoms with Crippen LogP contribution in [0.4, 0.5) is 0 Å². The summed E-state index contributed by atoms with van der Waals surface area (Å²) in [6.45, 7) is 0.672. The number of pyridine rings is 1. The molecule has 0 bridgehead atoms. The highest BCUT2D eigenvalue weighted by atomic mass is 32.1. The van der Waals surface area contributed by atoms with Crippen LogP contribution in [0.1, 0.15) is 20.2 Å². The first kappa shape index (κ1) is 15.1. The van der Waals surface area contributed by atoms with Crippen molar-refractivity contribution < 1.29 is 9.59 Å². The van der Waals surface area contributed by atoms with Crippen LogP contribution in [-0.2, 0) is 0 Å². The van der Waals surface area contributed by atoms with Crippen molar-refractivity contribution in [3.8, 4) is 0 Å². The lowest BCUT2D eigenvalue weighted by Gasteiger charge is -2.05. The number of nitrogens with one attached hydrogen (secondary N) is 2. The maximum atomic E-state index is 12.0. The van der Waals surface area contributed by atoms with Crippen molar-refractivity contribution >= 4 is 33.4 Å². The van der Waals surface area contributed by atoms with Gasteiger partial charge in [-0.15, -0.1) is 11.3 Å². The van der Waals surface area contributed by atoms with Crippen molar-refractivity contribution in [1.29, 1.82) is 0 Å². The van der Waals surface area contributed by atoms with Crippen LogP contribution in [0.5, 0.6) is 0 Å². The minimum atomic E-state index is -0.234. The van der Waals surface area contributed by atoms with Crippen LogP contribution in [0, 0.1) is 0 Å². The summed E-state index contributed by atoms with van der Waals surface area (Å²) in [7, 11) is 0. The summed E-state index contributed by atoms with van der Waals surface area (Å²) in [5, 5.41) is 5.89. The number of hydrogen-bond acceptors (Lipinski definition) is 5. The van der Waals surface area contributed by atoms with Crippen LogP contribution >= 0.6 is 11.3 Å². The van der Waals surface area contributed by atoms with E-state index in [9.17, 15) is 9.59 Å². The van der Waals surface area contributed by atoms with E-state index in [2.05, 4.69) is 20.6 Å². The molecule has 0 saturated carbocycles. The second-order valence-electron chi connectivity index (χ2n) is 4.74. The Balaban J connectivity index is 1.49. The van der Waals surface area contributed by atoms with E-state index in [0.717, 1.165) is 10.2 Å². The lowest BCUT2D eigenvalue weighted by molar-refractivity contribution is 0.0927. The molecule has 2 aromatic heterocycles. The largest absolute Gasteiger partial charge is 0.350 e. The highest BCUT2D eigenvalue weighted by Crippen LogP contribution is 2.21. The molecule has 0 fully saturated rings. The van der Waals surface area contributed by atoms with E-state index in [1.807, 2.05) is 24.3 Å². The maximum Gasteiger partial charge on any atom is 0.280 e. The number of carbonyl (C=O) groups excluding carboxylic acids is 2. The molecule has 0 aliphatic rings. The highest BCUT2D eigenvalue weighted by molar-refractivity contribution is 7.20. The lowest BCUT2D eigenvalue weighted by Crippen LogP contribution is -2.34. The molecular formula is C16H14N4O2S. The second kappa shape index (κ2) is 6.97. The third-order valence-corrected chi connectivity index (χ3v) is 4.14. The Bertz CT molecular complexity index is 799. The summed E-state index contributed by atoms with van der Waals surface area (Å²) in [5.74, 6) is -0.450. The molecule has 0 spiro atoms. The number of aromatic nitrogens is 2. The second-order valence-corrected chi connectivity index (χ2v) is 5.77. The fourth-order valence-corrected chi connectivity index (χ4v) is 2.88. The molecule has 3 aromatic rings. The van der Waals surface area contributed by atoms with Crippen molar-refractivity contribution in [2.75, 3.05) is 13.1 Å². The van der Waals surface area contributed by atoms with Gasteiger partial charge in [0, 0.05) is 25.5 Å². The van der Waals surface area contributed by atoms with E-state index in [1.54, 1.807) is 18.3 Å². The van der Waals surface area contributed by atoms with E-state index in [-0.39, 0.29) is 11.8 Å². The zero-order valence-electron chi connectivity index (χ0n) is 12.2. The van der Waals surface area contributed by atoms with Crippen LogP contribution in [0.25, 0.3) is 10.2 Å². The predicted molar refractivity (Wildman–Crippen MR) is 88.5 cm³/mol. The van der Waals surface area contributed by atoms with Gasteiger partial charge >= 0.3 is 0 Å². The first-order chi connectivity index (χ1) is 11.2. The van der Waals surface area contributed by atoms with Crippen LogP contribution < -0.4 is 10.6 Å². The number of hydrogen-bond donors (Lipinski definition) is 2. The molecule has 2 heterocycles. The van der Waals surface area contributed by atoms with Crippen LogP contribution in [0.15, 0.2) is 48.8 Å². The molecule has 0 radical (unpaired) electrons. The number of rotatable bonds is 5. The summed E-state index contributed by atoms with van der Waals surface area (Å²) < 4.78 is 0.975. The van der Waals surface area contributed by atoms with Crippen molar-refractivity contribution in [2.24, 2.45) is 0 Å². The van der Waals surface area contributed by atoms with Crippen LogP contribution in [-0.4, -0.2) is 34.9 Å². The molecule has 1 aromatic carbocycles. The average Bonchev–Trinajstić information content (AvgIpc) is 3.03. The molecular weight excluding hydrogens is 312 g/mol. The summed E-state index contributed by atoms with van der Waals surface area (Å²) in [4.78, 5) is 32.0. The van der Waals surface area contributed by atoms with Gasteiger partial charge in [-0.3, -0.25) is 14.6 Å². The van der Waals surface area contributed by atoms with Gasteiger partial charge in [-0.2, -0.15) is 0 Å². The van der Waals surface area contributed by atoms with Gasteiger partial charge in [-0.1, -0.05) is 12.1 Å². The molecule has 7 heteroatoms. The minimum absolute atomic E-state index is 0.215. The normalized spacial score (nSPS) is 10.4. The topological polar surface area (TPSA) is 84.0 Å². The zero-order chi connectivity index (χ0) is 16.1. The number of para-hydroxylation sites is 1. The Labute approximate surface area is 136 Å². The summed E-state index contributed by atoms with van der Waals surface area (Å²) in [6, 6.07) is 11.0. The van der Waals surface area contributed by atoms with Crippen LogP contribution in [0.2, 0.25) is 0 Å². The fraction of sp³-hybridized carbons (Fsp3) is 0.125. The first-order valence-corrected chi connectivity index (χ1v) is 7.88. The van der Waals surface area contributed by atoms with E-state index in [0.29, 0.717) is 23.7 Å². The Morgan fingerprint density at radius 2 is 1.78 bits per heavy atom. The van der Waals surface area contributed by atoms with Crippen molar-refractivity contribution in [3.05, 3.63) is 59.4 Å². The third-order valence-electron chi connectivity index (χ3n) is 3.11. The van der Waals surface area contributed by atoms with E-state index >= 15 is 0 Å².